The Morgan fingerprint density at radius 3 is 2.41 bits per heavy atom. The lowest BCUT2D eigenvalue weighted by atomic mass is 9.70. The lowest BCUT2D eigenvalue weighted by Crippen LogP contribution is -2.49. The molecule has 3 nitrogen and oxygen atoms in total. The summed E-state index contributed by atoms with van der Waals surface area (Å²) in [4.78, 5) is 11.9. The minimum atomic E-state index is 0.0262. The van der Waals surface area contributed by atoms with Gasteiger partial charge in [0.25, 0.3) is 0 Å². The van der Waals surface area contributed by atoms with E-state index in [2.05, 4.69) is 26.1 Å². The smallest absolute Gasteiger partial charge is 0.311 e. The quantitative estimate of drug-likeness (QED) is 0.746. The highest BCUT2D eigenvalue weighted by Gasteiger charge is 2.63. The highest BCUT2D eigenvalue weighted by atomic mass is 16.5. The molecule has 0 radical (unpaired) electrons. The zero-order valence-electron chi connectivity index (χ0n) is 11.1. The Hall–Kier alpha value is -0.570. The van der Waals surface area contributed by atoms with Crippen molar-refractivity contribution in [3.05, 3.63) is 0 Å². The first kappa shape index (κ1) is 11.5. The number of carbonyl (C=O) groups excluding carboxylic acids is 1. The third-order valence-electron chi connectivity index (χ3n) is 6.09. The molecular weight excluding hydrogens is 214 g/mol. The molecule has 3 heteroatoms. The molecule has 3 aliphatic rings. The molecule has 2 bridgehead atoms. The predicted molar refractivity (Wildman–Crippen MR) is 65.5 cm³/mol. The van der Waals surface area contributed by atoms with E-state index in [1.54, 1.807) is 0 Å². The molecule has 2 aliphatic carbocycles. The van der Waals surface area contributed by atoms with Gasteiger partial charge in [0.15, 0.2) is 0 Å². The summed E-state index contributed by atoms with van der Waals surface area (Å²) in [5.41, 5.74) is 0.528. The van der Waals surface area contributed by atoms with E-state index in [9.17, 15) is 4.79 Å². The van der Waals surface area contributed by atoms with Crippen molar-refractivity contribution < 1.29 is 9.53 Å². The molecule has 0 spiro atoms. The van der Waals surface area contributed by atoms with Gasteiger partial charge in [-0.1, -0.05) is 20.8 Å². The molecule has 1 N–H and O–H groups in total. The maximum Gasteiger partial charge on any atom is 0.311 e. The van der Waals surface area contributed by atoms with Crippen molar-refractivity contribution in [1.29, 1.82) is 0 Å². The van der Waals surface area contributed by atoms with Gasteiger partial charge in [-0.25, -0.2) is 0 Å². The lowest BCUT2D eigenvalue weighted by molar-refractivity contribution is -0.163. The zero-order valence-corrected chi connectivity index (χ0v) is 11.1. The van der Waals surface area contributed by atoms with Crippen LogP contribution in [0.4, 0.5) is 0 Å². The van der Waals surface area contributed by atoms with Gasteiger partial charge >= 0.3 is 5.97 Å². The molecule has 0 aromatic rings. The van der Waals surface area contributed by atoms with E-state index in [0.717, 1.165) is 25.4 Å². The number of hydrogen-bond acceptors (Lipinski definition) is 3. The van der Waals surface area contributed by atoms with E-state index in [-0.39, 0.29) is 23.4 Å². The highest BCUT2D eigenvalue weighted by Crippen LogP contribution is 2.66. The molecule has 0 aromatic carbocycles. The fourth-order valence-corrected chi connectivity index (χ4v) is 4.00. The minimum absolute atomic E-state index is 0.0262. The van der Waals surface area contributed by atoms with Crippen molar-refractivity contribution in [2.75, 3.05) is 13.1 Å². The van der Waals surface area contributed by atoms with Crippen molar-refractivity contribution in [2.45, 2.75) is 46.1 Å². The number of ether oxygens (including phenoxy) is 1. The molecule has 0 aromatic heterocycles. The monoisotopic (exact) mass is 237 g/mol. The first-order valence-electron chi connectivity index (χ1n) is 6.86. The summed E-state index contributed by atoms with van der Waals surface area (Å²) in [6, 6.07) is 0. The Morgan fingerprint density at radius 2 is 2.00 bits per heavy atom. The van der Waals surface area contributed by atoms with E-state index in [1.165, 1.54) is 12.8 Å². The maximum atomic E-state index is 11.9. The Bertz CT molecular complexity index is 348. The summed E-state index contributed by atoms with van der Waals surface area (Å²) < 4.78 is 5.81. The number of rotatable bonds is 2. The van der Waals surface area contributed by atoms with E-state index in [4.69, 9.17) is 4.74 Å². The van der Waals surface area contributed by atoms with Gasteiger partial charge in [0.05, 0.1) is 5.92 Å². The fraction of sp³-hybridized carbons (Fsp3) is 0.929. The summed E-state index contributed by atoms with van der Waals surface area (Å²) in [5.74, 6) is 0.879. The summed E-state index contributed by atoms with van der Waals surface area (Å²) in [6.45, 7) is 8.62. The van der Waals surface area contributed by atoms with Crippen molar-refractivity contribution in [2.24, 2.45) is 22.7 Å². The molecule has 3 unspecified atom stereocenters. The number of hydrogen-bond donors (Lipinski definition) is 1. The van der Waals surface area contributed by atoms with Gasteiger partial charge in [-0.15, -0.1) is 0 Å². The van der Waals surface area contributed by atoms with Crippen LogP contribution < -0.4 is 5.32 Å². The van der Waals surface area contributed by atoms with Gasteiger partial charge in [-0.3, -0.25) is 4.79 Å². The van der Waals surface area contributed by atoms with E-state index >= 15 is 0 Å². The van der Waals surface area contributed by atoms with Crippen LogP contribution in [0.1, 0.15) is 40.0 Å². The van der Waals surface area contributed by atoms with Crippen LogP contribution in [0.5, 0.6) is 0 Å². The fourth-order valence-electron chi connectivity index (χ4n) is 4.00. The molecule has 17 heavy (non-hydrogen) atoms. The van der Waals surface area contributed by atoms with Crippen LogP contribution in [0, 0.1) is 22.7 Å². The number of nitrogens with one attached hydrogen (secondary N) is 1. The first-order chi connectivity index (χ1) is 7.95. The van der Waals surface area contributed by atoms with Gasteiger partial charge in [0.2, 0.25) is 0 Å². The molecule has 1 saturated heterocycles. The van der Waals surface area contributed by atoms with E-state index < -0.39 is 0 Å². The average molecular weight is 237 g/mol. The van der Waals surface area contributed by atoms with Crippen LogP contribution in [0.3, 0.4) is 0 Å². The van der Waals surface area contributed by atoms with E-state index in [0.29, 0.717) is 5.41 Å². The molecular formula is C14H23NO2. The van der Waals surface area contributed by atoms with Gasteiger partial charge in [-0.05, 0) is 30.6 Å². The van der Waals surface area contributed by atoms with E-state index in [1.807, 2.05) is 0 Å². The standard InChI is InChI=1S/C14H23NO2/c1-13(2)10-4-5-14(13,3)11(6-10)17-12(16)9-7-15-8-9/h9-11,15H,4-8H2,1-3H3. The van der Waals surface area contributed by atoms with Crippen LogP contribution in [-0.4, -0.2) is 25.2 Å². The second-order valence-corrected chi connectivity index (χ2v) is 6.89. The Balaban J connectivity index is 1.71. The van der Waals surface area contributed by atoms with Crippen molar-refractivity contribution in [3.63, 3.8) is 0 Å². The second kappa shape index (κ2) is 3.47. The molecule has 2 saturated carbocycles. The maximum absolute atomic E-state index is 11.9. The molecule has 3 rings (SSSR count). The molecule has 96 valence electrons. The Morgan fingerprint density at radius 1 is 1.29 bits per heavy atom. The van der Waals surface area contributed by atoms with Crippen LogP contribution in [0.2, 0.25) is 0 Å². The van der Waals surface area contributed by atoms with Crippen LogP contribution in [-0.2, 0) is 9.53 Å². The Labute approximate surface area is 103 Å². The summed E-state index contributed by atoms with van der Waals surface area (Å²) >= 11 is 0. The van der Waals surface area contributed by atoms with Crippen molar-refractivity contribution in [1.82, 2.24) is 5.32 Å². The first-order valence-corrected chi connectivity index (χ1v) is 6.86. The van der Waals surface area contributed by atoms with Crippen LogP contribution >= 0.6 is 0 Å². The number of esters is 1. The van der Waals surface area contributed by atoms with Crippen molar-refractivity contribution >= 4 is 5.97 Å². The van der Waals surface area contributed by atoms with Gasteiger partial charge in [0.1, 0.15) is 6.10 Å². The van der Waals surface area contributed by atoms with Gasteiger partial charge in [-0.2, -0.15) is 0 Å². The summed E-state index contributed by atoms with van der Waals surface area (Å²) in [7, 11) is 0. The third-order valence-corrected chi connectivity index (χ3v) is 6.09. The zero-order chi connectivity index (χ0) is 12.3. The Kier molecular flexibility index (Phi) is 2.35. The largest absolute Gasteiger partial charge is 0.461 e. The summed E-state index contributed by atoms with van der Waals surface area (Å²) in [5, 5.41) is 3.13. The molecule has 3 atom stereocenters. The average Bonchev–Trinajstić information content (AvgIpc) is 2.47. The SMILES string of the molecule is CC1(C)C2CCC1(C)C(OC(=O)C1CNC1)C2. The highest BCUT2D eigenvalue weighted by molar-refractivity contribution is 5.74. The third kappa shape index (κ3) is 1.41. The minimum Gasteiger partial charge on any atom is -0.461 e. The second-order valence-electron chi connectivity index (χ2n) is 6.89. The lowest BCUT2D eigenvalue weighted by Gasteiger charge is -2.39. The molecule has 3 fully saturated rings. The topological polar surface area (TPSA) is 38.3 Å². The van der Waals surface area contributed by atoms with Gasteiger partial charge in [0, 0.05) is 18.5 Å². The van der Waals surface area contributed by atoms with Crippen molar-refractivity contribution in [3.8, 4) is 0 Å². The summed E-state index contributed by atoms with van der Waals surface area (Å²) in [6.07, 6.45) is 3.76. The predicted octanol–water partition coefficient (Wildman–Crippen LogP) is 1.96. The molecule has 0 amide bonds. The molecule has 1 heterocycles. The van der Waals surface area contributed by atoms with Crippen LogP contribution in [0.15, 0.2) is 0 Å². The number of fused-ring (bicyclic) bond motifs is 2. The van der Waals surface area contributed by atoms with Crippen LogP contribution in [0.25, 0.3) is 0 Å². The normalized spacial score (nSPS) is 43.5. The van der Waals surface area contributed by atoms with Gasteiger partial charge < -0.3 is 10.1 Å². The molecule has 1 aliphatic heterocycles. The number of carbonyl (C=O) groups is 1.